The topological polar surface area (TPSA) is 203 Å². The van der Waals surface area contributed by atoms with Crippen molar-refractivity contribution in [3.63, 3.8) is 0 Å². The summed E-state index contributed by atoms with van der Waals surface area (Å²) in [6.45, 7) is 10.3. The molecule has 10 rings (SSSR count). The van der Waals surface area contributed by atoms with Gasteiger partial charge in [-0.1, -0.05) is 18.5 Å². The summed E-state index contributed by atoms with van der Waals surface area (Å²) in [5, 5.41) is 33.8. The highest BCUT2D eigenvalue weighted by atomic mass is 35.5. The van der Waals surface area contributed by atoms with Gasteiger partial charge in [-0.25, -0.2) is 14.6 Å². The van der Waals surface area contributed by atoms with Gasteiger partial charge in [0.2, 0.25) is 0 Å². The van der Waals surface area contributed by atoms with Crippen molar-refractivity contribution in [2.45, 2.75) is 115 Å². The molecule has 2 aromatic carbocycles. The van der Waals surface area contributed by atoms with Crippen molar-refractivity contribution in [2.75, 3.05) is 63.7 Å². The van der Waals surface area contributed by atoms with Gasteiger partial charge < -0.3 is 44.1 Å². The number of carbonyl (C=O) groups excluding carboxylic acids is 3. The molecule has 3 aromatic heterocycles. The molecule has 5 aliphatic rings. The van der Waals surface area contributed by atoms with Crippen LogP contribution in [-0.4, -0.2) is 136 Å². The number of nitriles is 1. The predicted octanol–water partition coefficient (Wildman–Crippen LogP) is 6.44. The van der Waals surface area contributed by atoms with E-state index in [9.17, 15) is 29.5 Å². The van der Waals surface area contributed by atoms with E-state index in [1.54, 1.807) is 35.8 Å². The summed E-state index contributed by atoms with van der Waals surface area (Å²) in [5.74, 6) is 0.721. The number of rotatable bonds is 11. The summed E-state index contributed by atoms with van der Waals surface area (Å²) in [7, 11) is 5.96. The zero-order chi connectivity index (χ0) is 52.2. The predicted molar refractivity (Wildman–Crippen MR) is 280 cm³/mol. The minimum Gasteiger partial charge on any atom is -0.458 e. The first-order valence-corrected chi connectivity index (χ1v) is 26.2. The van der Waals surface area contributed by atoms with Crippen LogP contribution in [0.2, 0.25) is 5.02 Å². The number of benzene rings is 2. The number of aromatic nitrogens is 4. The van der Waals surface area contributed by atoms with Gasteiger partial charge in [0.25, 0.3) is 11.5 Å². The number of hydrogen-bond acceptors (Lipinski definition) is 15. The number of aliphatic hydroxyl groups is 1. The van der Waals surface area contributed by atoms with Crippen LogP contribution < -0.4 is 25.4 Å². The third-order valence-electron chi connectivity index (χ3n) is 16.2. The standard InChI is InChI=1S/C55H64ClN11O7/c1-7-55(72)43-24-47-50-36(29-67(47)52(69)42(43)31-73-53(55)70)22-40-41(30-62(4)5)48(16-14-45(40)59-50)74-54(71)66-27-32(2)65(26-33(66)3)28-34-18-20-64(21-19-34)49-17-15-46(60-61-49)51(68)58-37-9-12-38(13-10-37)63(6)39-11-8-35(25-57)44(56)23-39/h8,11,14-17,22-24,32-34,37-38,72H,7,9-10,12-13,18-21,26-31H2,1-6H3,(H,58,68)/t32-,33+,37?,38?,55-/m0/s1. The van der Waals surface area contributed by atoms with Crippen molar-refractivity contribution in [2.24, 2.45) is 5.92 Å². The molecule has 388 valence electrons. The third kappa shape index (κ3) is 9.66. The van der Waals surface area contributed by atoms with Crippen LogP contribution in [0.25, 0.3) is 22.3 Å². The molecule has 0 radical (unpaired) electrons. The first-order valence-electron chi connectivity index (χ1n) is 25.8. The van der Waals surface area contributed by atoms with Crippen molar-refractivity contribution in [3.8, 4) is 23.2 Å². The molecular weight excluding hydrogens is 962 g/mol. The van der Waals surface area contributed by atoms with Gasteiger partial charge in [-0.3, -0.25) is 14.5 Å². The van der Waals surface area contributed by atoms with Gasteiger partial charge in [-0.2, -0.15) is 5.26 Å². The summed E-state index contributed by atoms with van der Waals surface area (Å²) >= 11 is 6.29. The van der Waals surface area contributed by atoms with Crippen molar-refractivity contribution >= 4 is 52.0 Å². The zero-order valence-electron chi connectivity index (χ0n) is 42.9. The van der Waals surface area contributed by atoms with Crippen LogP contribution in [0.15, 0.2) is 59.4 Å². The molecule has 4 aliphatic heterocycles. The molecule has 3 fully saturated rings. The Labute approximate surface area is 435 Å². The number of piperazine rings is 1. The lowest BCUT2D eigenvalue weighted by atomic mass is 9.86. The molecule has 1 aliphatic carbocycles. The smallest absolute Gasteiger partial charge is 0.415 e. The number of pyridine rings is 2. The summed E-state index contributed by atoms with van der Waals surface area (Å²) in [4.78, 5) is 69.7. The van der Waals surface area contributed by atoms with E-state index in [1.807, 2.05) is 61.3 Å². The van der Waals surface area contributed by atoms with E-state index >= 15 is 0 Å². The lowest BCUT2D eigenvalue weighted by Gasteiger charge is -2.45. The van der Waals surface area contributed by atoms with Crippen LogP contribution in [0, 0.1) is 17.2 Å². The maximum Gasteiger partial charge on any atom is 0.415 e. The average Bonchev–Trinajstić information content (AvgIpc) is 3.76. The highest BCUT2D eigenvalue weighted by Gasteiger charge is 2.45. The molecule has 0 unspecified atom stereocenters. The van der Waals surface area contributed by atoms with Crippen molar-refractivity contribution in [1.29, 1.82) is 5.26 Å². The lowest BCUT2D eigenvalue weighted by molar-refractivity contribution is -0.172. The first-order chi connectivity index (χ1) is 35.5. The normalized spacial score (nSPS) is 22.9. The Balaban J connectivity index is 0.718. The summed E-state index contributed by atoms with van der Waals surface area (Å²) in [6.07, 6.45) is 5.16. The quantitative estimate of drug-likeness (QED) is 0.134. The largest absolute Gasteiger partial charge is 0.458 e. The van der Waals surface area contributed by atoms with E-state index in [-0.39, 0.29) is 60.3 Å². The SMILES string of the molecule is CC[C@@]1(O)C(=O)OCc2c1cc1n(c2=O)Cc2cc3c(CN(C)C)c(OC(=O)N4C[C@H](C)N(CC5CCN(c6ccc(C(=O)NC7CCC(N(C)c8ccc(C#N)c(Cl)c8)CC7)nn6)CC5)C[C@H]4C)ccc3nc2-1. The molecule has 5 aromatic rings. The monoisotopic (exact) mass is 1030 g/mol. The Kier molecular flexibility index (Phi) is 14.1. The average molecular weight is 1030 g/mol. The van der Waals surface area contributed by atoms with Crippen LogP contribution in [0.5, 0.6) is 5.75 Å². The Morgan fingerprint density at radius 2 is 1.74 bits per heavy atom. The molecule has 0 spiro atoms. The van der Waals surface area contributed by atoms with E-state index in [0.717, 1.165) is 92.7 Å². The number of anilines is 2. The number of nitrogens with one attached hydrogen (secondary N) is 1. The molecule has 1 saturated carbocycles. The number of hydrogen-bond donors (Lipinski definition) is 2. The molecule has 74 heavy (non-hydrogen) atoms. The van der Waals surface area contributed by atoms with Crippen molar-refractivity contribution < 1.29 is 29.0 Å². The van der Waals surface area contributed by atoms with Gasteiger partial charge in [0.15, 0.2) is 17.1 Å². The number of fused-ring (bicyclic) bond motifs is 5. The zero-order valence-corrected chi connectivity index (χ0v) is 43.7. The number of carbonyl (C=O) groups is 3. The fourth-order valence-corrected chi connectivity index (χ4v) is 11.9. The first kappa shape index (κ1) is 50.9. The van der Waals surface area contributed by atoms with E-state index in [4.69, 9.17) is 26.1 Å². The number of cyclic esters (lactones) is 1. The van der Waals surface area contributed by atoms with E-state index in [2.05, 4.69) is 50.1 Å². The maximum atomic E-state index is 14.1. The summed E-state index contributed by atoms with van der Waals surface area (Å²) in [5.41, 5.74) is 3.47. The van der Waals surface area contributed by atoms with Crippen molar-refractivity contribution in [3.05, 3.63) is 103 Å². The molecular formula is C55H64ClN11O7. The Bertz CT molecular complexity index is 3110. The van der Waals surface area contributed by atoms with Crippen LogP contribution >= 0.6 is 11.6 Å². The summed E-state index contributed by atoms with van der Waals surface area (Å²) < 4.78 is 13.2. The van der Waals surface area contributed by atoms with E-state index in [1.165, 1.54) is 0 Å². The number of esters is 1. The van der Waals surface area contributed by atoms with Gasteiger partial charge >= 0.3 is 12.1 Å². The minimum atomic E-state index is -1.91. The number of amides is 2. The van der Waals surface area contributed by atoms with Crippen LogP contribution in [0.4, 0.5) is 16.3 Å². The van der Waals surface area contributed by atoms with Crippen LogP contribution in [0.1, 0.15) is 104 Å². The molecule has 3 atom stereocenters. The fraction of sp³-hybridized carbons (Fsp3) is 0.491. The number of ether oxygens (including phenoxy) is 2. The highest BCUT2D eigenvalue weighted by Crippen LogP contribution is 2.40. The van der Waals surface area contributed by atoms with Gasteiger partial charge in [0.1, 0.15) is 18.4 Å². The van der Waals surface area contributed by atoms with Crippen LogP contribution in [-0.2, 0) is 34.8 Å². The molecule has 2 saturated heterocycles. The lowest BCUT2D eigenvalue weighted by Crippen LogP contribution is -2.59. The number of nitrogens with zero attached hydrogens (tertiary/aromatic N) is 10. The van der Waals surface area contributed by atoms with Gasteiger partial charge in [-0.05, 0) is 133 Å². The number of halogens is 1. The highest BCUT2D eigenvalue weighted by molar-refractivity contribution is 6.32. The van der Waals surface area contributed by atoms with E-state index < -0.39 is 17.7 Å². The molecule has 19 heteroatoms. The Hall–Kier alpha value is -6.65. The Morgan fingerprint density at radius 3 is 2.43 bits per heavy atom. The summed E-state index contributed by atoms with van der Waals surface area (Å²) in [6, 6.07) is 19.0. The minimum absolute atomic E-state index is 0.0560. The second-order valence-corrected chi connectivity index (χ2v) is 21.6. The number of piperidine rings is 1. The maximum absolute atomic E-state index is 14.1. The molecule has 0 bridgehead atoms. The third-order valence-corrected chi connectivity index (χ3v) is 16.5. The second-order valence-electron chi connectivity index (χ2n) is 21.2. The molecule has 2 N–H and O–H groups in total. The van der Waals surface area contributed by atoms with Crippen molar-refractivity contribution in [1.82, 2.24) is 39.8 Å². The van der Waals surface area contributed by atoms with E-state index in [0.29, 0.717) is 64.0 Å². The van der Waals surface area contributed by atoms with Gasteiger partial charge in [0.05, 0.1) is 39.6 Å². The van der Waals surface area contributed by atoms with Gasteiger partial charge in [-0.15, -0.1) is 10.2 Å². The fourth-order valence-electron chi connectivity index (χ4n) is 11.7. The van der Waals surface area contributed by atoms with Gasteiger partial charge in [0, 0.05) is 98.2 Å². The second kappa shape index (κ2) is 20.6. The molecule has 2 amide bonds. The van der Waals surface area contributed by atoms with Crippen LogP contribution in [0.3, 0.4) is 0 Å². The molecule has 18 nitrogen and oxygen atoms in total. The molecule has 7 heterocycles. The Morgan fingerprint density at radius 1 is 0.973 bits per heavy atom.